The van der Waals surface area contributed by atoms with Crippen molar-refractivity contribution in [1.82, 2.24) is 0 Å². The molecule has 19 heavy (non-hydrogen) atoms. The molecule has 106 valence electrons. The Morgan fingerprint density at radius 3 is 2.63 bits per heavy atom. The van der Waals surface area contributed by atoms with Gasteiger partial charge in [0.2, 0.25) is 0 Å². The summed E-state index contributed by atoms with van der Waals surface area (Å²) < 4.78 is 18.9. The zero-order valence-corrected chi connectivity index (χ0v) is 11.4. The topological polar surface area (TPSA) is 72.5 Å². The Morgan fingerprint density at radius 1 is 1.53 bits per heavy atom. The van der Waals surface area contributed by atoms with E-state index in [2.05, 4.69) is 0 Å². The number of nitrogens with two attached hydrogens (primary N) is 1. The summed E-state index contributed by atoms with van der Waals surface area (Å²) in [4.78, 5) is 10.8. The van der Waals surface area contributed by atoms with E-state index in [9.17, 15) is 9.18 Å². The number of carboxylic acids is 1. The lowest BCUT2D eigenvalue weighted by atomic mass is 9.78. The Morgan fingerprint density at radius 2 is 2.16 bits per heavy atom. The van der Waals surface area contributed by atoms with E-state index in [0.717, 1.165) is 0 Å². The molecule has 1 aromatic rings. The number of ether oxygens (including phenoxy) is 1. The number of hydrogen-bond acceptors (Lipinski definition) is 3. The molecule has 0 heterocycles. The van der Waals surface area contributed by atoms with Gasteiger partial charge in [-0.3, -0.25) is 4.79 Å². The summed E-state index contributed by atoms with van der Waals surface area (Å²) in [5.74, 6) is -1.23. The van der Waals surface area contributed by atoms with Crippen molar-refractivity contribution >= 4 is 5.97 Å². The standard InChI is InChI=1S/C14H20FNO3/c1-4-19-11-6-5-9(7-10(11)15)13(16)14(2,3)8-12(17)18/h5-7,13H,4,8,16H2,1-3H3,(H,17,18). The normalized spacial score (nSPS) is 13.1. The van der Waals surface area contributed by atoms with Gasteiger partial charge < -0.3 is 15.6 Å². The Labute approximate surface area is 112 Å². The fraction of sp³-hybridized carbons (Fsp3) is 0.500. The second-order valence-electron chi connectivity index (χ2n) is 5.16. The van der Waals surface area contributed by atoms with Crippen LogP contribution in [0.25, 0.3) is 0 Å². The molecule has 0 spiro atoms. The molecule has 0 fully saturated rings. The number of carbonyl (C=O) groups is 1. The van der Waals surface area contributed by atoms with Gasteiger partial charge in [-0.1, -0.05) is 19.9 Å². The first-order chi connectivity index (χ1) is 8.77. The van der Waals surface area contributed by atoms with Crippen LogP contribution in [0.1, 0.15) is 38.8 Å². The van der Waals surface area contributed by atoms with Crippen LogP contribution in [0.4, 0.5) is 4.39 Å². The van der Waals surface area contributed by atoms with Crippen molar-refractivity contribution in [3.63, 3.8) is 0 Å². The fourth-order valence-corrected chi connectivity index (χ4v) is 1.93. The fourth-order valence-electron chi connectivity index (χ4n) is 1.93. The third-order valence-electron chi connectivity index (χ3n) is 3.06. The maximum absolute atomic E-state index is 13.8. The molecule has 0 saturated carbocycles. The quantitative estimate of drug-likeness (QED) is 0.832. The van der Waals surface area contributed by atoms with Crippen molar-refractivity contribution in [2.75, 3.05) is 6.61 Å². The predicted octanol–water partition coefficient (Wildman–Crippen LogP) is 2.73. The Bertz CT molecular complexity index is 460. The molecule has 0 aliphatic carbocycles. The van der Waals surface area contributed by atoms with Crippen LogP contribution in [-0.2, 0) is 4.79 Å². The number of benzene rings is 1. The van der Waals surface area contributed by atoms with Crippen molar-refractivity contribution in [2.24, 2.45) is 11.1 Å². The molecule has 1 rings (SSSR count). The van der Waals surface area contributed by atoms with Crippen molar-refractivity contribution in [1.29, 1.82) is 0 Å². The summed E-state index contributed by atoms with van der Waals surface area (Å²) in [6, 6.07) is 3.93. The molecule has 0 aromatic heterocycles. The third-order valence-corrected chi connectivity index (χ3v) is 3.06. The van der Waals surface area contributed by atoms with Gasteiger partial charge in [-0.2, -0.15) is 0 Å². The lowest BCUT2D eigenvalue weighted by Crippen LogP contribution is -2.31. The van der Waals surface area contributed by atoms with E-state index in [1.54, 1.807) is 26.8 Å². The third kappa shape index (κ3) is 3.92. The van der Waals surface area contributed by atoms with Crippen LogP contribution < -0.4 is 10.5 Å². The van der Waals surface area contributed by atoms with Gasteiger partial charge in [-0.15, -0.1) is 0 Å². The Kier molecular flexibility index (Phi) is 4.89. The van der Waals surface area contributed by atoms with Gasteiger partial charge in [-0.25, -0.2) is 4.39 Å². The number of aliphatic carboxylic acids is 1. The van der Waals surface area contributed by atoms with Gasteiger partial charge in [-0.05, 0) is 30.0 Å². The van der Waals surface area contributed by atoms with E-state index < -0.39 is 23.2 Å². The van der Waals surface area contributed by atoms with Crippen LogP contribution in [0, 0.1) is 11.2 Å². The summed E-state index contributed by atoms with van der Waals surface area (Å²) in [5.41, 5.74) is 5.94. The van der Waals surface area contributed by atoms with Crippen LogP contribution in [0.5, 0.6) is 5.75 Å². The van der Waals surface area contributed by atoms with Gasteiger partial charge in [0.1, 0.15) is 0 Å². The lowest BCUT2D eigenvalue weighted by Gasteiger charge is -2.30. The van der Waals surface area contributed by atoms with Gasteiger partial charge in [0, 0.05) is 6.04 Å². The predicted molar refractivity (Wildman–Crippen MR) is 70.5 cm³/mol. The monoisotopic (exact) mass is 269 g/mol. The van der Waals surface area contributed by atoms with E-state index in [1.165, 1.54) is 12.1 Å². The zero-order valence-electron chi connectivity index (χ0n) is 11.4. The van der Waals surface area contributed by atoms with Gasteiger partial charge in [0.15, 0.2) is 11.6 Å². The maximum atomic E-state index is 13.8. The summed E-state index contributed by atoms with van der Waals surface area (Å²) >= 11 is 0. The molecule has 4 nitrogen and oxygen atoms in total. The van der Waals surface area contributed by atoms with Crippen LogP contribution in [-0.4, -0.2) is 17.7 Å². The Hall–Kier alpha value is -1.62. The molecule has 3 N–H and O–H groups in total. The first-order valence-corrected chi connectivity index (χ1v) is 6.17. The highest BCUT2D eigenvalue weighted by Crippen LogP contribution is 2.35. The second-order valence-corrected chi connectivity index (χ2v) is 5.16. The van der Waals surface area contributed by atoms with Gasteiger partial charge in [0.05, 0.1) is 13.0 Å². The van der Waals surface area contributed by atoms with E-state index in [4.69, 9.17) is 15.6 Å². The average Bonchev–Trinajstić information content (AvgIpc) is 2.29. The lowest BCUT2D eigenvalue weighted by molar-refractivity contribution is -0.139. The molecule has 0 bridgehead atoms. The minimum atomic E-state index is -0.924. The molecule has 0 aliphatic heterocycles. The highest BCUT2D eigenvalue weighted by molar-refractivity contribution is 5.67. The summed E-state index contributed by atoms with van der Waals surface area (Å²) in [5, 5.41) is 8.86. The first kappa shape index (κ1) is 15.4. The van der Waals surface area contributed by atoms with E-state index in [1.807, 2.05) is 0 Å². The van der Waals surface area contributed by atoms with Crippen molar-refractivity contribution in [3.05, 3.63) is 29.6 Å². The molecule has 1 aromatic carbocycles. The van der Waals surface area contributed by atoms with Crippen LogP contribution >= 0.6 is 0 Å². The van der Waals surface area contributed by atoms with Gasteiger partial charge in [0.25, 0.3) is 0 Å². The van der Waals surface area contributed by atoms with Crippen molar-refractivity contribution < 1.29 is 19.0 Å². The van der Waals surface area contributed by atoms with Crippen LogP contribution in [0.2, 0.25) is 0 Å². The largest absolute Gasteiger partial charge is 0.491 e. The number of halogens is 1. The second kappa shape index (κ2) is 6.02. The van der Waals surface area contributed by atoms with Gasteiger partial charge >= 0.3 is 5.97 Å². The highest BCUT2D eigenvalue weighted by Gasteiger charge is 2.30. The molecular weight excluding hydrogens is 249 g/mol. The molecule has 1 atom stereocenters. The van der Waals surface area contributed by atoms with E-state index >= 15 is 0 Å². The summed E-state index contributed by atoms with van der Waals surface area (Å²) in [6.07, 6.45) is -0.0804. The molecular formula is C14H20FNO3. The maximum Gasteiger partial charge on any atom is 0.303 e. The number of hydrogen-bond donors (Lipinski definition) is 2. The molecule has 0 aliphatic rings. The van der Waals surface area contributed by atoms with E-state index in [0.29, 0.717) is 12.2 Å². The minimum Gasteiger partial charge on any atom is -0.491 e. The SMILES string of the molecule is CCOc1ccc(C(N)C(C)(C)CC(=O)O)cc1F. The minimum absolute atomic E-state index is 0.0804. The number of rotatable bonds is 6. The summed E-state index contributed by atoms with van der Waals surface area (Å²) in [7, 11) is 0. The van der Waals surface area contributed by atoms with Crippen LogP contribution in [0.3, 0.4) is 0 Å². The molecule has 0 amide bonds. The van der Waals surface area contributed by atoms with Crippen LogP contribution in [0.15, 0.2) is 18.2 Å². The summed E-state index contributed by atoms with van der Waals surface area (Å²) in [6.45, 7) is 5.65. The molecule has 1 unspecified atom stereocenters. The highest BCUT2D eigenvalue weighted by atomic mass is 19.1. The Balaban J connectivity index is 2.96. The zero-order chi connectivity index (χ0) is 14.6. The van der Waals surface area contributed by atoms with E-state index in [-0.39, 0.29) is 12.2 Å². The number of carboxylic acid groups (broad SMARTS) is 1. The molecule has 5 heteroatoms. The smallest absolute Gasteiger partial charge is 0.303 e. The van der Waals surface area contributed by atoms with Crippen molar-refractivity contribution in [2.45, 2.75) is 33.2 Å². The first-order valence-electron chi connectivity index (χ1n) is 6.17. The molecule has 0 saturated heterocycles. The van der Waals surface area contributed by atoms with Crippen molar-refractivity contribution in [3.8, 4) is 5.75 Å². The average molecular weight is 269 g/mol. The molecule has 0 radical (unpaired) electrons.